The number of hydrogen-bond donors (Lipinski definition) is 23. The Morgan fingerprint density at radius 1 is 0.496 bits per heavy atom. The lowest BCUT2D eigenvalue weighted by Crippen LogP contribution is -2.61. The molecule has 0 aliphatic carbocycles. The molecular weight excluding hydrogens is 1580 g/mol. The van der Waals surface area contributed by atoms with Crippen LogP contribution in [0.15, 0.2) is 91.1 Å². The Labute approximate surface area is 700 Å². The topological polar surface area (TPSA) is 617 Å². The number of nitrogens with one attached hydrogen (secondary N) is 15. The van der Waals surface area contributed by atoms with E-state index in [-0.39, 0.29) is 88.5 Å². The number of carbonyl (C=O) groups is 16. The summed E-state index contributed by atoms with van der Waals surface area (Å²) in [5.74, 6) is -16.6. The van der Waals surface area contributed by atoms with Crippen molar-refractivity contribution in [2.75, 3.05) is 37.7 Å². The monoisotopic (exact) mass is 1700 g/mol. The molecule has 0 unspecified atom stereocenters. The lowest BCUT2D eigenvalue weighted by molar-refractivity contribution is -0.142. The van der Waals surface area contributed by atoms with Crippen LogP contribution in [0.3, 0.4) is 0 Å². The number of hydrogen-bond acceptors (Lipinski definition) is 21. The number of guanidine groups is 1. The second-order valence-corrected chi connectivity index (χ2v) is 30.8. The number of carboxylic acid groups (broad SMARTS) is 2. The molecule has 13 atom stereocenters. The lowest BCUT2D eigenvalue weighted by atomic mass is 9.99. The number of benzene rings is 3. The molecule has 38 nitrogen and oxygen atoms in total. The van der Waals surface area contributed by atoms with Crippen molar-refractivity contribution in [3.8, 4) is 0 Å². The van der Waals surface area contributed by atoms with Gasteiger partial charge in [-0.3, -0.25) is 77.3 Å². The van der Waals surface area contributed by atoms with Gasteiger partial charge in [-0.25, -0.2) is 4.79 Å². The van der Waals surface area contributed by atoms with E-state index in [0.717, 1.165) is 0 Å². The van der Waals surface area contributed by atoms with E-state index >= 15 is 4.79 Å². The molecule has 1 fully saturated rings. The van der Waals surface area contributed by atoms with Crippen molar-refractivity contribution in [3.63, 3.8) is 0 Å². The van der Waals surface area contributed by atoms with Crippen LogP contribution >= 0.6 is 25.3 Å². The van der Waals surface area contributed by atoms with E-state index in [1.165, 1.54) is 11.8 Å². The molecule has 119 heavy (non-hydrogen) atoms. The fourth-order valence-electron chi connectivity index (χ4n) is 13.0. The molecule has 0 bridgehead atoms. The number of amides is 14. The van der Waals surface area contributed by atoms with E-state index < -0.39 is 217 Å². The number of aromatic nitrogens is 1. The van der Waals surface area contributed by atoms with Crippen molar-refractivity contribution in [3.05, 3.63) is 108 Å². The third kappa shape index (κ3) is 33.9. The number of thiol groups is 2. The van der Waals surface area contributed by atoms with Crippen molar-refractivity contribution < 1.29 is 86.9 Å². The Morgan fingerprint density at radius 2 is 0.941 bits per heavy atom. The number of likely N-dealkylation sites (tertiary alicyclic amines) is 1. The largest absolute Gasteiger partial charge is 0.481 e. The van der Waals surface area contributed by atoms with E-state index in [2.05, 4.69) is 99.4 Å². The van der Waals surface area contributed by atoms with Gasteiger partial charge < -0.3 is 112 Å². The third-order valence-electron chi connectivity index (χ3n) is 19.4. The zero-order valence-electron chi connectivity index (χ0n) is 67.5. The standard InChI is InChI=1S/C79H116N20O18S2/c1-43(2)34-56(73(111)98-61(42-119)76(114)92-55(28-30-65(102)103)70(108)90-53(25-16-32-85-79(83)84)69(107)94-58(36-46-18-8-6-9-19-46)74(112)97-60(78(116)117)37-47-20-10-7-11-21-47)93-75(113)59(38-48-39-86-51-23-13-12-22-49(48)51)95-71(109)54(27-29-63(82)100)91-72(110)57(35-44(3)4)96-77(115)62-26-17-33-99(62)64(101)40-87-66(104)45(5)88-68(106)52(24-14-15-31-80)89-67(105)50(81)41-118/h6-13,18-23,39,43-45,50,52-62,86,118-119H,14-17,24-38,40-42,80-81H2,1-5H3,(H2,82,100)(H,87,104)(H,88,106)(H,89,105)(H,90,108)(H,91,110)(H,92,114)(H,93,113)(H,94,107)(H,95,109)(H,96,115)(H,97,112)(H,98,111)(H,102,103)(H,116,117)(H4,83,84,85)/t45-,50-,52-,53-,54-,55-,56-,57-,58-,59-,60-,61-,62-/m0/s1. The molecule has 1 aliphatic rings. The maximum atomic E-state index is 15.1. The summed E-state index contributed by atoms with van der Waals surface area (Å²) in [5.41, 5.74) is 24.8. The van der Waals surface area contributed by atoms with Gasteiger partial charge in [-0.2, -0.15) is 25.3 Å². The molecule has 1 aliphatic heterocycles. The van der Waals surface area contributed by atoms with Gasteiger partial charge in [0.2, 0.25) is 82.7 Å². The molecular formula is C79H116N20O18S2. The Balaban J connectivity index is 1.35. The molecule has 14 amide bonds. The van der Waals surface area contributed by atoms with Crippen molar-refractivity contribution in [1.82, 2.24) is 79.0 Å². The van der Waals surface area contributed by atoms with Crippen LogP contribution in [0.2, 0.25) is 0 Å². The summed E-state index contributed by atoms with van der Waals surface area (Å²) in [5, 5.41) is 61.9. The van der Waals surface area contributed by atoms with Crippen molar-refractivity contribution >= 4 is 137 Å². The van der Waals surface area contributed by atoms with E-state index in [9.17, 15) is 82.1 Å². The number of unbranched alkanes of at least 4 members (excludes halogenated alkanes) is 1. The van der Waals surface area contributed by atoms with Crippen molar-refractivity contribution in [2.24, 2.45) is 34.8 Å². The number of H-pyrrole nitrogens is 1. The van der Waals surface area contributed by atoms with Gasteiger partial charge in [-0.15, -0.1) is 0 Å². The lowest BCUT2D eigenvalue weighted by Gasteiger charge is -2.29. The number of fused-ring (bicyclic) bond motifs is 1. The number of aromatic amines is 1. The highest BCUT2D eigenvalue weighted by Crippen LogP contribution is 2.22. The Bertz CT molecular complexity index is 4140. The number of para-hydroxylation sites is 1. The highest BCUT2D eigenvalue weighted by molar-refractivity contribution is 7.80. The van der Waals surface area contributed by atoms with Crippen LogP contribution in [0.1, 0.15) is 135 Å². The molecule has 0 radical (unpaired) electrons. The third-order valence-corrected chi connectivity index (χ3v) is 20.2. The summed E-state index contributed by atoms with van der Waals surface area (Å²) in [6.45, 7) is 8.13. The number of rotatable bonds is 52. The second-order valence-electron chi connectivity index (χ2n) is 30.0. The molecule has 652 valence electrons. The van der Waals surface area contributed by atoms with Gasteiger partial charge in [0.05, 0.1) is 12.6 Å². The van der Waals surface area contributed by atoms with Crippen molar-refractivity contribution in [2.45, 2.75) is 216 Å². The molecule has 3 aromatic carbocycles. The summed E-state index contributed by atoms with van der Waals surface area (Å²) >= 11 is 8.39. The zero-order valence-corrected chi connectivity index (χ0v) is 69.2. The number of carboxylic acids is 2. The Morgan fingerprint density at radius 3 is 1.46 bits per heavy atom. The predicted octanol–water partition coefficient (Wildman–Crippen LogP) is -2.46. The number of aliphatic carboxylic acids is 2. The van der Waals surface area contributed by atoms with Crippen LogP contribution in [0.25, 0.3) is 10.9 Å². The van der Waals surface area contributed by atoms with Crippen LogP contribution < -0.4 is 92.1 Å². The highest BCUT2D eigenvalue weighted by Gasteiger charge is 2.40. The van der Waals surface area contributed by atoms with E-state index in [1.54, 1.807) is 119 Å². The number of nitrogens with zero attached hydrogens (tertiary/aromatic N) is 1. The number of carbonyl (C=O) groups excluding carboxylic acids is 14. The van der Waals surface area contributed by atoms with Crippen LogP contribution in [-0.4, -0.2) is 237 Å². The van der Waals surface area contributed by atoms with Crippen LogP contribution in [0.4, 0.5) is 0 Å². The minimum Gasteiger partial charge on any atom is -0.481 e. The maximum Gasteiger partial charge on any atom is 0.326 e. The first-order chi connectivity index (χ1) is 56.5. The number of nitrogens with two attached hydrogens (primary N) is 4. The minimum absolute atomic E-state index is 0.000844. The summed E-state index contributed by atoms with van der Waals surface area (Å²) in [6.07, 6.45) is 0.194. The normalized spacial score (nSPS) is 15.5. The average Bonchev–Trinajstić information content (AvgIpc) is 1.70. The van der Waals surface area contributed by atoms with Crippen LogP contribution in [-0.2, 0) is 96.0 Å². The molecule has 5 rings (SSSR count). The van der Waals surface area contributed by atoms with Gasteiger partial charge in [0.15, 0.2) is 5.96 Å². The molecule has 0 spiro atoms. The van der Waals surface area contributed by atoms with Crippen LogP contribution in [0.5, 0.6) is 0 Å². The highest BCUT2D eigenvalue weighted by atomic mass is 32.1. The van der Waals surface area contributed by atoms with Crippen LogP contribution in [0, 0.1) is 17.2 Å². The summed E-state index contributed by atoms with van der Waals surface area (Å²) < 4.78 is 0. The van der Waals surface area contributed by atoms with E-state index in [0.29, 0.717) is 53.4 Å². The molecule has 2 heterocycles. The first-order valence-electron chi connectivity index (χ1n) is 39.5. The van der Waals surface area contributed by atoms with Gasteiger partial charge in [-0.05, 0) is 119 Å². The van der Waals surface area contributed by atoms with Gasteiger partial charge >= 0.3 is 11.9 Å². The SMILES string of the molecule is CC(C)C[C@H](NC(=O)[C@H](Cc1c[nH]c2ccccc12)NC(=O)[C@H](CCC(N)=O)NC(=O)[C@H](CC(C)C)NC(=O)[C@@H]1CCCN1C(=O)CNC(=O)[C@H](C)NC(=O)[C@H](CCCCN)NC(=O)[C@@H](N)CS)C(=O)N[C@@H](CS)C(=O)N[C@@H](CCC(=O)O)C(=O)N[C@@H](CCCNC(=N)N)C(=O)N[C@@H](Cc1ccccc1)C(=O)N[C@@H](Cc1ccccc1)C(=O)O. The summed E-state index contributed by atoms with van der Waals surface area (Å²) in [4.78, 5) is 226. The van der Waals surface area contributed by atoms with Gasteiger partial charge in [-0.1, -0.05) is 107 Å². The second kappa shape index (κ2) is 50.4. The fraction of sp³-hybridized carbons (Fsp3) is 0.532. The average molecular weight is 1700 g/mol. The quantitative estimate of drug-likeness (QED) is 0.00944. The van der Waals surface area contributed by atoms with Gasteiger partial charge in [0.25, 0.3) is 0 Å². The van der Waals surface area contributed by atoms with Crippen molar-refractivity contribution in [1.29, 1.82) is 5.41 Å². The molecule has 4 aromatic rings. The molecule has 0 saturated carbocycles. The molecule has 1 saturated heterocycles. The Kier molecular flexibility index (Phi) is 41.6. The van der Waals surface area contributed by atoms with Gasteiger partial charge in [0, 0.05) is 73.8 Å². The van der Waals surface area contributed by atoms with E-state index in [4.69, 9.17) is 28.3 Å². The number of primary amides is 1. The predicted molar refractivity (Wildman–Crippen MR) is 447 cm³/mol. The zero-order chi connectivity index (χ0) is 88.0. The minimum atomic E-state index is -1.75. The Hall–Kier alpha value is -11.4. The van der Waals surface area contributed by atoms with E-state index in [1.807, 2.05) is 0 Å². The molecule has 40 heteroatoms. The first kappa shape index (κ1) is 98.2. The summed E-state index contributed by atoms with van der Waals surface area (Å²) in [6, 6.07) is 5.49. The smallest absolute Gasteiger partial charge is 0.326 e. The maximum absolute atomic E-state index is 15.1. The summed E-state index contributed by atoms with van der Waals surface area (Å²) in [7, 11) is 0. The molecule has 25 N–H and O–H groups in total. The first-order valence-corrected chi connectivity index (χ1v) is 40.8. The molecule has 1 aromatic heterocycles. The van der Waals surface area contributed by atoms with Gasteiger partial charge in [0.1, 0.15) is 72.5 Å². The fourth-order valence-corrected chi connectivity index (χ4v) is 13.5.